The fraction of sp³-hybridized carbons (Fsp3) is 0.500. The van der Waals surface area contributed by atoms with Crippen LogP contribution in [0.5, 0.6) is 0 Å². The number of piperidine rings is 1. The van der Waals surface area contributed by atoms with Crippen molar-refractivity contribution in [2.75, 3.05) is 13.1 Å². The monoisotopic (exact) mass is 320 g/mol. The average Bonchev–Trinajstić information content (AvgIpc) is 2.42. The lowest BCUT2D eigenvalue weighted by Crippen LogP contribution is -2.44. The Morgan fingerprint density at radius 3 is 2.90 bits per heavy atom. The number of benzene rings is 1. The number of halogens is 3. The fourth-order valence-corrected chi connectivity index (χ4v) is 2.47. The summed E-state index contributed by atoms with van der Waals surface area (Å²) in [5, 5.41) is 6.27. The number of hydrogen-bond donors (Lipinski definition) is 2. The van der Waals surface area contributed by atoms with Gasteiger partial charge in [0.2, 0.25) is 0 Å². The lowest BCUT2D eigenvalue weighted by atomic mass is 9.92. The van der Waals surface area contributed by atoms with Crippen LogP contribution in [-0.2, 0) is 0 Å². The minimum atomic E-state index is -0.568. The topological polar surface area (TPSA) is 41.1 Å². The standard InChI is InChI=1S/C14H18ClFN2O.ClH/c1-9(11-3-2-6-17-8-11)18-14(19)10-4-5-12(15)13(16)7-10;/h4-5,7,9,11,17H,2-3,6,8H2,1H3,(H,18,19);1H. The van der Waals surface area contributed by atoms with Gasteiger partial charge in [0.1, 0.15) is 5.82 Å². The van der Waals surface area contributed by atoms with E-state index in [1.165, 1.54) is 18.2 Å². The van der Waals surface area contributed by atoms with E-state index in [0.717, 1.165) is 25.9 Å². The van der Waals surface area contributed by atoms with E-state index in [1.807, 2.05) is 6.92 Å². The highest BCUT2D eigenvalue weighted by Gasteiger charge is 2.21. The lowest BCUT2D eigenvalue weighted by molar-refractivity contribution is 0.0921. The van der Waals surface area contributed by atoms with Gasteiger partial charge in [-0.1, -0.05) is 11.6 Å². The summed E-state index contributed by atoms with van der Waals surface area (Å²) in [4.78, 5) is 12.0. The van der Waals surface area contributed by atoms with E-state index < -0.39 is 5.82 Å². The van der Waals surface area contributed by atoms with Crippen molar-refractivity contribution in [2.45, 2.75) is 25.8 Å². The van der Waals surface area contributed by atoms with Gasteiger partial charge in [-0.05, 0) is 57.0 Å². The fourth-order valence-electron chi connectivity index (χ4n) is 2.35. The molecule has 0 aliphatic carbocycles. The third kappa shape index (κ3) is 4.33. The molecule has 1 saturated heterocycles. The van der Waals surface area contributed by atoms with Crippen molar-refractivity contribution >= 4 is 29.9 Å². The average molecular weight is 321 g/mol. The molecule has 0 aromatic heterocycles. The Bertz CT molecular complexity index is 464. The van der Waals surface area contributed by atoms with Crippen molar-refractivity contribution in [1.29, 1.82) is 0 Å². The van der Waals surface area contributed by atoms with E-state index in [2.05, 4.69) is 10.6 Å². The van der Waals surface area contributed by atoms with Crippen LogP contribution in [0.25, 0.3) is 0 Å². The van der Waals surface area contributed by atoms with E-state index in [-0.39, 0.29) is 29.4 Å². The molecule has 2 atom stereocenters. The number of rotatable bonds is 3. The number of nitrogens with one attached hydrogen (secondary N) is 2. The van der Waals surface area contributed by atoms with E-state index in [1.54, 1.807) is 0 Å². The van der Waals surface area contributed by atoms with Gasteiger partial charge in [-0.15, -0.1) is 12.4 Å². The number of hydrogen-bond acceptors (Lipinski definition) is 2. The molecule has 3 nitrogen and oxygen atoms in total. The van der Waals surface area contributed by atoms with Gasteiger partial charge in [-0.25, -0.2) is 4.39 Å². The van der Waals surface area contributed by atoms with Gasteiger partial charge in [0.05, 0.1) is 5.02 Å². The summed E-state index contributed by atoms with van der Waals surface area (Å²) in [6.07, 6.45) is 2.23. The smallest absolute Gasteiger partial charge is 0.251 e. The van der Waals surface area contributed by atoms with Gasteiger partial charge in [0.25, 0.3) is 5.91 Å². The molecule has 0 radical (unpaired) electrons. The third-order valence-electron chi connectivity index (χ3n) is 3.58. The molecule has 1 heterocycles. The predicted octanol–water partition coefficient (Wildman–Crippen LogP) is 3.02. The zero-order valence-corrected chi connectivity index (χ0v) is 12.9. The second-order valence-corrected chi connectivity index (χ2v) is 5.40. The van der Waals surface area contributed by atoms with E-state index in [0.29, 0.717) is 11.5 Å². The van der Waals surface area contributed by atoms with Crippen molar-refractivity contribution in [3.8, 4) is 0 Å². The molecular formula is C14H19Cl2FN2O. The molecule has 6 heteroatoms. The molecule has 1 aliphatic heterocycles. The number of carbonyl (C=O) groups excluding carboxylic acids is 1. The second-order valence-electron chi connectivity index (χ2n) is 5.00. The molecule has 0 bridgehead atoms. The highest BCUT2D eigenvalue weighted by Crippen LogP contribution is 2.17. The van der Waals surface area contributed by atoms with Gasteiger partial charge in [-0.2, -0.15) is 0 Å². The molecule has 20 heavy (non-hydrogen) atoms. The van der Waals surface area contributed by atoms with Gasteiger partial charge in [0, 0.05) is 11.6 Å². The number of carbonyl (C=O) groups is 1. The molecule has 2 unspecified atom stereocenters. The van der Waals surface area contributed by atoms with Crippen LogP contribution in [0.15, 0.2) is 18.2 Å². The summed E-state index contributed by atoms with van der Waals surface area (Å²) in [6.45, 7) is 3.94. The van der Waals surface area contributed by atoms with Crippen molar-refractivity contribution in [3.63, 3.8) is 0 Å². The first-order valence-electron chi connectivity index (χ1n) is 6.54. The Kier molecular flexibility index (Phi) is 6.72. The highest BCUT2D eigenvalue weighted by atomic mass is 35.5. The van der Waals surface area contributed by atoms with Gasteiger partial charge < -0.3 is 10.6 Å². The van der Waals surface area contributed by atoms with Crippen molar-refractivity contribution in [2.24, 2.45) is 5.92 Å². The van der Waals surface area contributed by atoms with E-state index >= 15 is 0 Å². The Labute approximate surface area is 129 Å². The Hall–Kier alpha value is -0.840. The summed E-state index contributed by atoms with van der Waals surface area (Å²) >= 11 is 5.60. The Morgan fingerprint density at radius 1 is 1.55 bits per heavy atom. The molecule has 1 amide bonds. The summed E-state index contributed by atoms with van der Waals surface area (Å²) in [7, 11) is 0. The van der Waals surface area contributed by atoms with Gasteiger partial charge in [-0.3, -0.25) is 4.79 Å². The van der Waals surface area contributed by atoms with Crippen LogP contribution in [0.3, 0.4) is 0 Å². The first-order chi connectivity index (χ1) is 9.08. The second kappa shape index (κ2) is 7.81. The maximum Gasteiger partial charge on any atom is 0.251 e. The molecule has 0 spiro atoms. The lowest BCUT2D eigenvalue weighted by Gasteiger charge is -2.28. The normalized spacial score (nSPS) is 19.9. The Balaban J connectivity index is 0.00000200. The van der Waals surface area contributed by atoms with Crippen LogP contribution in [0.2, 0.25) is 5.02 Å². The molecule has 1 fully saturated rings. The van der Waals surface area contributed by atoms with Crippen LogP contribution >= 0.6 is 24.0 Å². The SMILES string of the molecule is CC(NC(=O)c1ccc(Cl)c(F)c1)C1CCCNC1.Cl. The molecule has 0 saturated carbocycles. The molecule has 2 N–H and O–H groups in total. The van der Waals surface area contributed by atoms with Crippen molar-refractivity contribution in [1.82, 2.24) is 10.6 Å². The summed E-state index contributed by atoms with van der Waals surface area (Å²) in [5.74, 6) is -0.398. The largest absolute Gasteiger partial charge is 0.349 e. The molecule has 1 aromatic rings. The summed E-state index contributed by atoms with van der Waals surface area (Å²) < 4.78 is 13.3. The van der Waals surface area contributed by atoms with Crippen molar-refractivity contribution < 1.29 is 9.18 Å². The third-order valence-corrected chi connectivity index (χ3v) is 3.89. The predicted molar refractivity (Wildman–Crippen MR) is 81.2 cm³/mol. The van der Waals surface area contributed by atoms with Crippen LogP contribution in [0.1, 0.15) is 30.1 Å². The summed E-state index contributed by atoms with van der Waals surface area (Å²) in [5.41, 5.74) is 0.303. The van der Waals surface area contributed by atoms with Crippen LogP contribution < -0.4 is 10.6 Å². The minimum Gasteiger partial charge on any atom is -0.349 e. The first kappa shape index (κ1) is 17.2. The van der Waals surface area contributed by atoms with E-state index in [4.69, 9.17) is 11.6 Å². The van der Waals surface area contributed by atoms with Crippen molar-refractivity contribution in [3.05, 3.63) is 34.6 Å². The zero-order chi connectivity index (χ0) is 13.8. The maximum atomic E-state index is 13.3. The van der Waals surface area contributed by atoms with Gasteiger partial charge in [0.15, 0.2) is 0 Å². The molecule has 2 rings (SSSR count). The quantitative estimate of drug-likeness (QED) is 0.898. The maximum absolute atomic E-state index is 13.3. The highest BCUT2D eigenvalue weighted by molar-refractivity contribution is 6.30. The molecule has 1 aromatic carbocycles. The number of amides is 1. The molecule has 112 valence electrons. The van der Waals surface area contributed by atoms with Crippen LogP contribution in [-0.4, -0.2) is 25.0 Å². The van der Waals surface area contributed by atoms with Crippen LogP contribution in [0.4, 0.5) is 4.39 Å². The Morgan fingerprint density at radius 2 is 2.30 bits per heavy atom. The molecular weight excluding hydrogens is 302 g/mol. The van der Waals surface area contributed by atoms with Gasteiger partial charge >= 0.3 is 0 Å². The minimum absolute atomic E-state index is 0. The molecule has 1 aliphatic rings. The first-order valence-corrected chi connectivity index (χ1v) is 6.92. The van der Waals surface area contributed by atoms with E-state index in [9.17, 15) is 9.18 Å². The van der Waals surface area contributed by atoms with Crippen LogP contribution in [0, 0.1) is 11.7 Å². The zero-order valence-electron chi connectivity index (χ0n) is 11.3. The summed E-state index contributed by atoms with van der Waals surface area (Å²) in [6, 6.07) is 4.17.